The fourth-order valence-corrected chi connectivity index (χ4v) is 4.23. The number of anilines is 1. The zero-order valence-electron chi connectivity index (χ0n) is 18.9. The summed E-state index contributed by atoms with van der Waals surface area (Å²) >= 11 is 0. The number of hydrogen-bond acceptors (Lipinski definition) is 8. The van der Waals surface area contributed by atoms with Crippen LogP contribution in [0.3, 0.4) is 0 Å². The lowest BCUT2D eigenvalue weighted by molar-refractivity contribution is -0.130. The van der Waals surface area contributed by atoms with Crippen molar-refractivity contribution in [2.45, 2.75) is 39.0 Å². The summed E-state index contributed by atoms with van der Waals surface area (Å²) in [5.74, 6) is 0.104. The number of aryl methyl sites for hydroxylation is 1. The first-order valence-corrected chi connectivity index (χ1v) is 11.3. The average molecular weight is 460 g/mol. The van der Waals surface area contributed by atoms with Crippen LogP contribution in [-0.2, 0) is 4.79 Å². The number of amides is 1. The predicted octanol–water partition coefficient (Wildman–Crippen LogP) is 3.31. The molecule has 5 rings (SSSR count). The van der Waals surface area contributed by atoms with Crippen molar-refractivity contribution < 1.29 is 14.0 Å². The van der Waals surface area contributed by atoms with E-state index in [2.05, 4.69) is 19.9 Å². The lowest BCUT2D eigenvalue weighted by atomic mass is 10.1. The van der Waals surface area contributed by atoms with Crippen molar-refractivity contribution in [1.29, 1.82) is 0 Å². The number of aromatic nitrogens is 5. The lowest BCUT2D eigenvalue weighted by Gasteiger charge is -2.15. The number of rotatable bonds is 7. The van der Waals surface area contributed by atoms with Crippen LogP contribution in [-0.4, -0.2) is 54.0 Å². The molecule has 4 aromatic rings. The summed E-state index contributed by atoms with van der Waals surface area (Å²) in [5, 5.41) is 0. The molecule has 0 radical (unpaired) electrons. The summed E-state index contributed by atoms with van der Waals surface area (Å²) in [6.07, 6.45) is 9.63. The number of hydrogen-bond donors (Lipinski definition) is 1. The number of carbonyl (C=O) groups is 2. The normalized spacial score (nSPS) is 13.6. The Bertz CT molecular complexity index is 1350. The number of fused-ring (bicyclic) bond motifs is 1. The van der Waals surface area contributed by atoms with Crippen molar-refractivity contribution in [1.82, 2.24) is 29.2 Å². The molecule has 0 unspecified atom stereocenters. The molecule has 0 aromatic carbocycles. The molecule has 1 aliphatic rings. The smallest absolute Gasteiger partial charge is 0.247 e. The lowest BCUT2D eigenvalue weighted by Crippen LogP contribution is -2.27. The fourth-order valence-electron chi connectivity index (χ4n) is 4.23. The summed E-state index contributed by atoms with van der Waals surface area (Å²) in [4.78, 5) is 44.8. The van der Waals surface area contributed by atoms with Crippen molar-refractivity contribution in [2.24, 2.45) is 0 Å². The number of ketones is 1. The Morgan fingerprint density at radius 2 is 1.91 bits per heavy atom. The second kappa shape index (κ2) is 9.05. The number of pyridine rings is 1. The number of oxazole rings is 1. The Labute approximate surface area is 195 Å². The third kappa shape index (κ3) is 4.14. The van der Waals surface area contributed by atoms with E-state index >= 15 is 0 Å². The van der Waals surface area contributed by atoms with Crippen LogP contribution in [0.2, 0.25) is 0 Å². The topological polar surface area (TPSA) is 133 Å². The zero-order valence-corrected chi connectivity index (χ0v) is 18.9. The van der Waals surface area contributed by atoms with E-state index in [1.165, 1.54) is 12.5 Å². The van der Waals surface area contributed by atoms with Crippen LogP contribution in [0.5, 0.6) is 0 Å². The molecule has 0 aliphatic carbocycles. The maximum atomic E-state index is 13.0. The van der Waals surface area contributed by atoms with E-state index < -0.39 is 0 Å². The van der Waals surface area contributed by atoms with E-state index in [-0.39, 0.29) is 35.5 Å². The Morgan fingerprint density at radius 3 is 2.68 bits per heavy atom. The molecule has 0 saturated carbocycles. The fraction of sp³-hybridized carbons (Fsp3) is 0.333. The second-order valence-corrected chi connectivity index (χ2v) is 8.40. The minimum Gasteiger partial charge on any atom is -0.443 e. The maximum absolute atomic E-state index is 13.0. The van der Waals surface area contributed by atoms with Gasteiger partial charge < -0.3 is 19.5 Å². The summed E-state index contributed by atoms with van der Waals surface area (Å²) in [6, 6.07) is 3.72. The number of nitrogens with zero attached hydrogens (tertiary/aromatic N) is 6. The van der Waals surface area contributed by atoms with Crippen LogP contribution >= 0.6 is 0 Å². The van der Waals surface area contributed by atoms with Crippen molar-refractivity contribution in [3.05, 3.63) is 48.4 Å². The molecule has 0 spiro atoms. The van der Waals surface area contributed by atoms with Crippen molar-refractivity contribution in [2.75, 3.05) is 18.8 Å². The average Bonchev–Trinajstić information content (AvgIpc) is 3.61. The highest BCUT2D eigenvalue weighted by atomic mass is 16.3. The van der Waals surface area contributed by atoms with E-state index in [0.717, 1.165) is 37.3 Å². The van der Waals surface area contributed by atoms with E-state index in [0.29, 0.717) is 29.8 Å². The van der Waals surface area contributed by atoms with Gasteiger partial charge in [-0.05, 0) is 38.3 Å². The van der Waals surface area contributed by atoms with Crippen LogP contribution in [0.15, 0.2) is 41.4 Å². The number of carbonyl (C=O) groups excluding carboxylic acids is 2. The van der Waals surface area contributed by atoms with Crippen LogP contribution in [0.25, 0.3) is 28.5 Å². The largest absolute Gasteiger partial charge is 0.443 e. The van der Waals surface area contributed by atoms with Gasteiger partial charge in [-0.1, -0.05) is 0 Å². The molecule has 10 heteroatoms. The number of likely N-dealkylation sites (tertiary alicyclic amines) is 1. The van der Waals surface area contributed by atoms with Gasteiger partial charge in [-0.15, -0.1) is 0 Å². The molecule has 10 nitrogen and oxygen atoms in total. The number of imidazole rings is 1. The SMILES string of the molecule is Cc1cnc2ccc(-c3nc(C(=O)CCCC(=O)N4CCCC4)c(N)nc3-c3ncco3)cn12. The van der Waals surface area contributed by atoms with Crippen LogP contribution < -0.4 is 5.73 Å². The molecule has 0 bridgehead atoms. The van der Waals surface area contributed by atoms with Gasteiger partial charge in [0, 0.05) is 49.6 Å². The van der Waals surface area contributed by atoms with Gasteiger partial charge in [0.05, 0.1) is 6.20 Å². The summed E-state index contributed by atoms with van der Waals surface area (Å²) in [6.45, 7) is 3.56. The van der Waals surface area contributed by atoms with Gasteiger partial charge in [0.15, 0.2) is 17.3 Å². The van der Waals surface area contributed by atoms with Crippen LogP contribution in [0.1, 0.15) is 48.3 Å². The van der Waals surface area contributed by atoms with E-state index in [1.807, 2.05) is 34.6 Å². The summed E-state index contributed by atoms with van der Waals surface area (Å²) in [5.41, 5.74) is 9.48. The third-order valence-corrected chi connectivity index (χ3v) is 6.04. The summed E-state index contributed by atoms with van der Waals surface area (Å²) in [7, 11) is 0. The molecule has 1 saturated heterocycles. The quantitative estimate of drug-likeness (QED) is 0.416. The van der Waals surface area contributed by atoms with Crippen LogP contribution in [0, 0.1) is 6.92 Å². The minimum atomic E-state index is -0.251. The molecule has 4 aromatic heterocycles. The highest BCUT2D eigenvalue weighted by molar-refractivity contribution is 5.99. The minimum absolute atomic E-state index is 0.00714. The molecule has 5 heterocycles. The molecule has 1 fully saturated rings. The maximum Gasteiger partial charge on any atom is 0.247 e. The predicted molar refractivity (Wildman–Crippen MR) is 125 cm³/mol. The second-order valence-electron chi connectivity index (χ2n) is 8.40. The number of nitrogens with two attached hydrogens (primary N) is 1. The standard InChI is InChI=1S/C24H25N7O3/c1-15-13-27-18-8-7-16(14-31(15)18)20-22(24-26-9-12-34-24)29-23(25)21(28-20)17(32)5-4-6-19(33)30-10-2-3-11-30/h7-9,12-14H,2-6,10-11H2,1H3,(H2,25,29). The summed E-state index contributed by atoms with van der Waals surface area (Å²) < 4.78 is 7.39. The highest BCUT2D eigenvalue weighted by Crippen LogP contribution is 2.31. The third-order valence-electron chi connectivity index (χ3n) is 6.04. The highest BCUT2D eigenvalue weighted by Gasteiger charge is 2.23. The van der Waals surface area contributed by atoms with E-state index in [4.69, 9.17) is 10.2 Å². The Balaban J connectivity index is 1.45. The first-order valence-electron chi connectivity index (χ1n) is 11.3. The first kappa shape index (κ1) is 21.7. The van der Waals surface area contributed by atoms with Crippen LogP contribution in [0.4, 0.5) is 5.82 Å². The molecule has 1 amide bonds. The Kier molecular flexibility index (Phi) is 5.79. The van der Waals surface area contributed by atoms with Gasteiger partial charge in [0.25, 0.3) is 0 Å². The molecule has 34 heavy (non-hydrogen) atoms. The van der Waals surface area contributed by atoms with Gasteiger partial charge in [-0.2, -0.15) is 0 Å². The van der Waals surface area contributed by atoms with Crippen molar-refractivity contribution in [3.8, 4) is 22.8 Å². The van der Waals surface area contributed by atoms with Gasteiger partial charge in [0.1, 0.15) is 23.3 Å². The molecule has 1 aliphatic heterocycles. The monoisotopic (exact) mass is 459 g/mol. The van der Waals surface area contributed by atoms with Crippen molar-refractivity contribution >= 4 is 23.2 Å². The van der Waals surface area contributed by atoms with E-state index in [1.54, 1.807) is 6.20 Å². The molecule has 2 N–H and O–H groups in total. The van der Waals surface area contributed by atoms with Gasteiger partial charge in [0.2, 0.25) is 11.8 Å². The van der Waals surface area contributed by atoms with Crippen molar-refractivity contribution in [3.63, 3.8) is 0 Å². The van der Waals surface area contributed by atoms with E-state index in [9.17, 15) is 9.59 Å². The number of nitrogen functional groups attached to an aromatic ring is 1. The zero-order chi connectivity index (χ0) is 23.7. The van der Waals surface area contributed by atoms with Gasteiger partial charge in [-0.25, -0.2) is 19.9 Å². The molecular formula is C24H25N7O3. The Morgan fingerprint density at radius 1 is 1.09 bits per heavy atom. The number of Topliss-reactive ketones (excluding diaryl/α,β-unsaturated/α-hetero) is 1. The first-order chi connectivity index (χ1) is 16.5. The Hall–Kier alpha value is -4.08. The molecular weight excluding hydrogens is 434 g/mol. The van der Waals surface area contributed by atoms with Gasteiger partial charge >= 0.3 is 0 Å². The molecule has 174 valence electrons. The molecule has 0 atom stereocenters. The van der Waals surface area contributed by atoms with Gasteiger partial charge in [-0.3, -0.25) is 9.59 Å².